The van der Waals surface area contributed by atoms with Crippen LogP contribution in [0.1, 0.15) is 19.8 Å². The van der Waals surface area contributed by atoms with Gasteiger partial charge < -0.3 is 5.73 Å². The molecule has 2 N–H and O–H groups in total. The van der Waals surface area contributed by atoms with E-state index in [1.54, 1.807) is 13.0 Å². The maximum Gasteiger partial charge on any atom is 0.217 e. The molecule has 0 unspecified atom stereocenters. The summed E-state index contributed by atoms with van der Waals surface area (Å²) in [6.07, 6.45) is 7.41. The largest absolute Gasteiger partial charge is 0.370 e. The molecule has 0 aliphatic rings. The maximum atomic E-state index is 10.6. The lowest BCUT2D eigenvalue weighted by atomic mass is 9.85. The molecule has 0 aliphatic carbocycles. The molecule has 1 amide bonds. The molecule has 0 aromatic rings. The van der Waals surface area contributed by atoms with E-state index in [1.165, 1.54) is 0 Å². The van der Waals surface area contributed by atoms with Crippen LogP contribution >= 0.6 is 0 Å². The van der Waals surface area contributed by atoms with Gasteiger partial charge in [0, 0.05) is 6.42 Å². The van der Waals surface area contributed by atoms with Gasteiger partial charge in [-0.25, -0.2) is 0 Å². The molecule has 0 aromatic carbocycles. The van der Waals surface area contributed by atoms with Crippen molar-refractivity contribution >= 4 is 21.6 Å². The minimum atomic E-state index is -0.393. The summed E-state index contributed by atoms with van der Waals surface area (Å²) in [5.41, 5.74) is 6.55. The highest BCUT2D eigenvalue weighted by atomic mass is 16.1. The van der Waals surface area contributed by atoms with Crippen LogP contribution in [-0.2, 0) is 4.79 Å². The zero-order valence-corrected chi connectivity index (χ0v) is 8.21. The van der Waals surface area contributed by atoms with Gasteiger partial charge in [-0.3, -0.25) is 4.79 Å². The Balaban J connectivity index is 4.69. The zero-order valence-electron chi connectivity index (χ0n) is 8.21. The molecule has 0 heterocycles. The van der Waals surface area contributed by atoms with Crippen molar-refractivity contribution in [1.82, 2.24) is 0 Å². The predicted octanol–water partition coefficient (Wildman–Crippen LogP) is 0.380. The minimum Gasteiger partial charge on any atom is -0.370 e. The standard InChI is InChI=1S/C10H11B2NO/c1-3-9(12)8(6-7(2)11)4-5-10(13)14/h1,6H,4-5H2,2H3,(H2,13,14)/b7-6+,9-8+. The molecule has 4 heteroatoms. The van der Waals surface area contributed by atoms with Gasteiger partial charge in [0.1, 0.15) is 15.7 Å². The Morgan fingerprint density at radius 2 is 2.07 bits per heavy atom. The highest BCUT2D eigenvalue weighted by Crippen LogP contribution is 2.11. The van der Waals surface area contributed by atoms with Crippen LogP contribution in [0, 0.1) is 12.3 Å². The molecule has 0 spiro atoms. The van der Waals surface area contributed by atoms with Crippen LogP contribution in [0.25, 0.3) is 0 Å². The van der Waals surface area contributed by atoms with Gasteiger partial charge in [0.15, 0.2) is 0 Å². The Morgan fingerprint density at radius 1 is 1.50 bits per heavy atom. The van der Waals surface area contributed by atoms with E-state index in [9.17, 15) is 4.79 Å². The first kappa shape index (κ1) is 12.6. The van der Waals surface area contributed by atoms with Crippen molar-refractivity contribution in [2.45, 2.75) is 19.8 Å². The molecule has 0 fully saturated rings. The highest BCUT2D eigenvalue weighted by Gasteiger charge is 2.00. The van der Waals surface area contributed by atoms with Gasteiger partial charge in [-0.1, -0.05) is 18.9 Å². The first-order valence-electron chi connectivity index (χ1n) is 4.14. The number of hydrogen-bond acceptors (Lipinski definition) is 1. The van der Waals surface area contributed by atoms with Crippen LogP contribution in [0.15, 0.2) is 22.6 Å². The molecule has 0 aromatic heterocycles. The van der Waals surface area contributed by atoms with Gasteiger partial charge in [-0.15, -0.1) is 11.9 Å². The van der Waals surface area contributed by atoms with Crippen LogP contribution in [-0.4, -0.2) is 21.6 Å². The van der Waals surface area contributed by atoms with Crippen LogP contribution < -0.4 is 5.73 Å². The maximum absolute atomic E-state index is 10.6. The number of hydrogen-bond donors (Lipinski definition) is 1. The Labute approximate surface area is 87.4 Å². The molecule has 0 bridgehead atoms. The van der Waals surface area contributed by atoms with Crippen molar-refractivity contribution in [1.29, 1.82) is 0 Å². The van der Waals surface area contributed by atoms with Crippen molar-refractivity contribution in [3.8, 4) is 12.3 Å². The second kappa shape index (κ2) is 6.15. The lowest BCUT2D eigenvalue weighted by molar-refractivity contribution is -0.117. The number of nitrogens with two attached hydrogens (primary N) is 1. The molecule has 0 atom stereocenters. The smallest absolute Gasteiger partial charge is 0.217 e. The summed E-state index contributed by atoms with van der Waals surface area (Å²) >= 11 is 0. The Hall–Kier alpha value is -1.36. The van der Waals surface area contributed by atoms with Gasteiger partial charge in [-0.2, -0.15) is 0 Å². The molecule has 0 saturated heterocycles. The Morgan fingerprint density at radius 3 is 2.43 bits per heavy atom. The molecule has 0 saturated carbocycles. The van der Waals surface area contributed by atoms with E-state index < -0.39 is 5.91 Å². The summed E-state index contributed by atoms with van der Waals surface area (Å²) in [7, 11) is 11.0. The Bertz CT molecular complexity index is 320. The SMILES string of the molecule is [B]/C(C)=C/C(CCC(N)=O)=C(/[B])C#C. The average molecular weight is 183 g/mol. The quantitative estimate of drug-likeness (QED) is 0.382. The number of terminal acetylenes is 1. The summed E-state index contributed by atoms with van der Waals surface area (Å²) in [5.74, 6) is 1.91. The second-order valence-electron chi connectivity index (χ2n) is 2.94. The number of primary amides is 1. The molecule has 0 rings (SSSR count). The second-order valence-corrected chi connectivity index (χ2v) is 2.94. The van der Waals surface area contributed by atoms with E-state index in [2.05, 4.69) is 5.92 Å². The fourth-order valence-corrected chi connectivity index (χ4v) is 0.910. The normalized spacial score (nSPS) is 13.0. The lowest BCUT2D eigenvalue weighted by Gasteiger charge is -2.04. The van der Waals surface area contributed by atoms with E-state index >= 15 is 0 Å². The number of carbonyl (C=O) groups is 1. The molecule has 68 valence electrons. The van der Waals surface area contributed by atoms with Gasteiger partial charge >= 0.3 is 0 Å². The van der Waals surface area contributed by atoms with E-state index in [4.69, 9.17) is 27.8 Å². The van der Waals surface area contributed by atoms with Crippen molar-refractivity contribution in [2.24, 2.45) is 5.73 Å². The number of amides is 1. The van der Waals surface area contributed by atoms with Gasteiger partial charge in [0.05, 0.1) is 0 Å². The van der Waals surface area contributed by atoms with E-state index in [0.29, 0.717) is 17.5 Å². The molecular weight excluding hydrogens is 172 g/mol. The van der Waals surface area contributed by atoms with Crippen LogP contribution in [0.3, 0.4) is 0 Å². The third-order valence-corrected chi connectivity index (χ3v) is 1.54. The predicted molar refractivity (Wildman–Crippen MR) is 59.6 cm³/mol. The number of allylic oxidation sites excluding steroid dienone is 4. The molecule has 0 aliphatic heterocycles. The third-order valence-electron chi connectivity index (χ3n) is 1.54. The van der Waals surface area contributed by atoms with Crippen molar-refractivity contribution < 1.29 is 4.79 Å². The van der Waals surface area contributed by atoms with Crippen LogP contribution in [0.5, 0.6) is 0 Å². The topological polar surface area (TPSA) is 43.1 Å². The third kappa shape index (κ3) is 5.31. The van der Waals surface area contributed by atoms with Gasteiger partial charge in [0.25, 0.3) is 0 Å². The van der Waals surface area contributed by atoms with Gasteiger partial charge in [-0.05, 0) is 17.5 Å². The molecule has 4 radical (unpaired) electrons. The summed E-state index contributed by atoms with van der Waals surface area (Å²) in [4.78, 5) is 10.6. The van der Waals surface area contributed by atoms with Crippen molar-refractivity contribution in [2.75, 3.05) is 0 Å². The first-order chi connectivity index (χ1) is 6.47. The minimum absolute atomic E-state index is 0.210. The van der Waals surface area contributed by atoms with Crippen LogP contribution in [0.2, 0.25) is 0 Å². The lowest BCUT2D eigenvalue weighted by Crippen LogP contribution is -2.10. The summed E-state index contributed by atoms with van der Waals surface area (Å²) in [5, 5.41) is 0. The summed E-state index contributed by atoms with van der Waals surface area (Å²) in [6, 6.07) is 0. The highest BCUT2D eigenvalue weighted by molar-refractivity contribution is 6.25. The van der Waals surface area contributed by atoms with Gasteiger partial charge in [0.2, 0.25) is 5.91 Å². The molecule has 14 heavy (non-hydrogen) atoms. The van der Waals surface area contributed by atoms with Crippen molar-refractivity contribution in [3.63, 3.8) is 0 Å². The van der Waals surface area contributed by atoms with E-state index in [0.717, 1.165) is 0 Å². The Kier molecular flexibility index (Phi) is 5.55. The number of rotatable bonds is 4. The number of carbonyl (C=O) groups excluding carboxylic acids is 1. The molecular formula is C10H11B2NO. The van der Waals surface area contributed by atoms with Crippen LogP contribution in [0.4, 0.5) is 0 Å². The van der Waals surface area contributed by atoms with Crippen molar-refractivity contribution in [3.05, 3.63) is 22.6 Å². The summed E-state index contributed by atoms with van der Waals surface area (Å²) < 4.78 is 0. The fourth-order valence-electron chi connectivity index (χ4n) is 0.910. The monoisotopic (exact) mass is 183 g/mol. The van der Waals surface area contributed by atoms with E-state index in [1.807, 2.05) is 0 Å². The zero-order chi connectivity index (χ0) is 11.1. The summed E-state index contributed by atoms with van der Waals surface area (Å²) in [6.45, 7) is 1.72. The molecule has 2 nitrogen and oxygen atoms in total. The first-order valence-corrected chi connectivity index (χ1v) is 4.14. The average Bonchev–Trinajstić information content (AvgIpc) is 2.10. The van der Waals surface area contributed by atoms with E-state index in [-0.39, 0.29) is 11.9 Å². The fraction of sp³-hybridized carbons (Fsp3) is 0.300.